The second-order valence-corrected chi connectivity index (χ2v) is 5.83. The predicted octanol–water partition coefficient (Wildman–Crippen LogP) is 5.00. The molecule has 0 saturated carbocycles. The molecule has 2 heteroatoms. The molecule has 0 fully saturated rings. The first-order valence-corrected chi connectivity index (χ1v) is 7.62. The smallest absolute Gasteiger partial charge is 0.116 e. The Hall–Kier alpha value is -3.00. The van der Waals surface area contributed by atoms with Gasteiger partial charge in [-0.3, -0.25) is 0 Å². The molecule has 23 heavy (non-hydrogen) atoms. The van der Waals surface area contributed by atoms with Crippen LogP contribution >= 0.6 is 0 Å². The number of hydrogen-bond donors (Lipinski definition) is 2. The lowest BCUT2D eigenvalue weighted by Crippen LogP contribution is -1.92. The van der Waals surface area contributed by atoms with Crippen LogP contribution in [0.5, 0.6) is 11.5 Å². The summed E-state index contributed by atoms with van der Waals surface area (Å²) in [7, 11) is 0. The third-order valence-corrected chi connectivity index (χ3v) is 4.25. The van der Waals surface area contributed by atoms with Crippen molar-refractivity contribution in [3.63, 3.8) is 0 Å². The zero-order chi connectivity index (χ0) is 15.8. The fourth-order valence-electron chi connectivity index (χ4n) is 3.24. The van der Waals surface area contributed by atoms with E-state index in [1.54, 1.807) is 24.3 Å². The summed E-state index contributed by atoms with van der Waals surface area (Å²) in [5, 5.41) is 24.3. The molecule has 112 valence electrons. The molecule has 0 aromatic heterocycles. The van der Waals surface area contributed by atoms with Crippen molar-refractivity contribution in [1.29, 1.82) is 0 Å². The van der Waals surface area contributed by atoms with Gasteiger partial charge in [0, 0.05) is 0 Å². The van der Waals surface area contributed by atoms with E-state index in [1.807, 2.05) is 36.4 Å². The molecular formula is C21H16O2. The summed E-state index contributed by atoms with van der Waals surface area (Å²) >= 11 is 0. The van der Waals surface area contributed by atoms with Gasteiger partial charge in [0.15, 0.2) is 0 Å². The van der Waals surface area contributed by atoms with Gasteiger partial charge in [0.1, 0.15) is 11.5 Å². The van der Waals surface area contributed by atoms with Crippen molar-refractivity contribution in [2.24, 2.45) is 0 Å². The van der Waals surface area contributed by atoms with Gasteiger partial charge < -0.3 is 10.2 Å². The lowest BCUT2D eigenvalue weighted by molar-refractivity contribution is 0.475. The number of rotatable bonds is 2. The molecule has 0 atom stereocenters. The molecule has 0 aliphatic rings. The molecule has 0 saturated heterocycles. The zero-order valence-electron chi connectivity index (χ0n) is 12.5. The number of phenols is 2. The van der Waals surface area contributed by atoms with Crippen LogP contribution in [0.2, 0.25) is 0 Å². The predicted molar refractivity (Wildman–Crippen MR) is 94.0 cm³/mol. The largest absolute Gasteiger partial charge is 0.508 e. The maximum absolute atomic E-state index is 10.0. The van der Waals surface area contributed by atoms with E-state index in [2.05, 4.69) is 12.1 Å². The van der Waals surface area contributed by atoms with Gasteiger partial charge in [-0.15, -0.1) is 0 Å². The summed E-state index contributed by atoms with van der Waals surface area (Å²) in [4.78, 5) is 0. The minimum atomic E-state index is 0.267. The van der Waals surface area contributed by atoms with Crippen LogP contribution < -0.4 is 0 Å². The van der Waals surface area contributed by atoms with Crippen LogP contribution in [-0.2, 0) is 6.42 Å². The number of fused-ring (bicyclic) bond motifs is 2. The van der Waals surface area contributed by atoms with E-state index in [0.29, 0.717) is 6.42 Å². The first-order chi connectivity index (χ1) is 11.2. The average molecular weight is 300 g/mol. The molecular weight excluding hydrogens is 284 g/mol. The molecule has 0 heterocycles. The molecule has 4 aromatic carbocycles. The van der Waals surface area contributed by atoms with Crippen molar-refractivity contribution >= 4 is 21.5 Å². The fraction of sp³-hybridized carbons (Fsp3) is 0.0476. The molecule has 0 aliphatic heterocycles. The Morgan fingerprint density at radius 1 is 0.565 bits per heavy atom. The fourth-order valence-corrected chi connectivity index (χ4v) is 3.24. The summed E-state index contributed by atoms with van der Waals surface area (Å²) in [5.41, 5.74) is 2.10. The van der Waals surface area contributed by atoms with Crippen molar-refractivity contribution in [2.75, 3.05) is 0 Å². The third kappa shape index (κ3) is 2.49. The van der Waals surface area contributed by atoms with Gasteiger partial charge >= 0.3 is 0 Å². The minimum Gasteiger partial charge on any atom is -0.508 e. The van der Waals surface area contributed by atoms with Crippen LogP contribution in [0.4, 0.5) is 0 Å². The van der Waals surface area contributed by atoms with E-state index in [4.69, 9.17) is 0 Å². The quantitative estimate of drug-likeness (QED) is 0.547. The number of aromatic hydroxyl groups is 2. The Kier molecular flexibility index (Phi) is 3.16. The average Bonchev–Trinajstić information content (AvgIpc) is 2.54. The highest BCUT2D eigenvalue weighted by molar-refractivity contribution is 5.90. The molecule has 4 aromatic rings. The van der Waals surface area contributed by atoms with Gasteiger partial charge in [0.05, 0.1) is 0 Å². The first-order valence-electron chi connectivity index (χ1n) is 7.62. The second-order valence-electron chi connectivity index (χ2n) is 5.83. The number of benzene rings is 4. The molecule has 0 bridgehead atoms. The van der Waals surface area contributed by atoms with E-state index >= 15 is 0 Å². The Bertz CT molecular complexity index is 935. The van der Waals surface area contributed by atoms with Crippen LogP contribution in [0.3, 0.4) is 0 Å². The maximum atomic E-state index is 10.0. The van der Waals surface area contributed by atoms with Gasteiger partial charge in [-0.25, -0.2) is 0 Å². The summed E-state index contributed by atoms with van der Waals surface area (Å²) < 4.78 is 0. The molecule has 0 spiro atoms. The van der Waals surface area contributed by atoms with Gasteiger partial charge in [0.25, 0.3) is 0 Å². The topological polar surface area (TPSA) is 40.5 Å². The van der Waals surface area contributed by atoms with Crippen molar-refractivity contribution in [1.82, 2.24) is 0 Å². The lowest BCUT2D eigenvalue weighted by atomic mass is 9.94. The van der Waals surface area contributed by atoms with E-state index in [1.165, 1.54) is 0 Å². The highest BCUT2D eigenvalue weighted by atomic mass is 16.3. The molecule has 0 radical (unpaired) electrons. The summed E-state index contributed by atoms with van der Waals surface area (Å²) in [6.45, 7) is 0. The normalized spacial score (nSPS) is 11.1. The van der Waals surface area contributed by atoms with Crippen LogP contribution in [-0.4, -0.2) is 10.2 Å². The Balaban J connectivity index is 1.92. The highest BCUT2D eigenvalue weighted by Gasteiger charge is 2.08. The number of hydrogen-bond acceptors (Lipinski definition) is 2. The van der Waals surface area contributed by atoms with E-state index in [-0.39, 0.29) is 11.5 Å². The highest BCUT2D eigenvalue weighted by Crippen LogP contribution is 2.30. The minimum absolute atomic E-state index is 0.267. The van der Waals surface area contributed by atoms with Gasteiger partial charge in [-0.05, 0) is 63.4 Å². The van der Waals surface area contributed by atoms with Crippen LogP contribution in [0.25, 0.3) is 21.5 Å². The summed E-state index contributed by atoms with van der Waals surface area (Å²) in [5.74, 6) is 0.534. The van der Waals surface area contributed by atoms with Crippen molar-refractivity contribution in [3.8, 4) is 11.5 Å². The van der Waals surface area contributed by atoms with Crippen molar-refractivity contribution < 1.29 is 10.2 Å². The Morgan fingerprint density at radius 2 is 1.00 bits per heavy atom. The first kappa shape index (κ1) is 13.6. The summed E-state index contributed by atoms with van der Waals surface area (Å²) in [6.07, 6.45) is 0.657. The van der Waals surface area contributed by atoms with Crippen LogP contribution in [0.15, 0.2) is 72.8 Å². The molecule has 0 unspecified atom stereocenters. The third-order valence-electron chi connectivity index (χ3n) is 4.25. The number of phenolic OH excluding ortho intramolecular Hbond substituents is 2. The van der Waals surface area contributed by atoms with Gasteiger partial charge in [0.2, 0.25) is 0 Å². The Morgan fingerprint density at radius 3 is 1.48 bits per heavy atom. The van der Waals surface area contributed by atoms with E-state index < -0.39 is 0 Å². The van der Waals surface area contributed by atoms with E-state index in [9.17, 15) is 10.2 Å². The van der Waals surface area contributed by atoms with Gasteiger partial charge in [-0.1, -0.05) is 48.5 Å². The lowest BCUT2D eigenvalue weighted by Gasteiger charge is -2.11. The molecule has 0 amide bonds. The zero-order valence-corrected chi connectivity index (χ0v) is 12.5. The molecule has 2 nitrogen and oxygen atoms in total. The molecule has 2 N–H and O–H groups in total. The maximum Gasteiger partial charge on any atom is 0.116 e. The molecule has 4 rings (SSSR count). The summed E-state index contributed by atoms with van der Waals surface area (Å²) in [6, 6.07) is 23.2. The SMILES string of the molecule is Oc1cc(Cc2cc(O)cc3ccccc23)c2ccccc2c1. The van der Waals surface area contributed by atoms with Crippen LogP contribution in [0, 0.1) is 0 Å². The van der Waals surface area contributed by atoms with Crippen molar-refractivity contribution in [2.45, 2.75) is 6.42 Å². The Labute approximate surface area is 134 Å². The standard InChI is InChI=1S/C21H16O2/c22-18-10-14-5-1-3-7-20(14)16(12-18)9-17-13-19(23)11-15-6-2-4-8-21(15)17/h1-8,10-13,22-23H,9H2. The van der Waals surface area contributed by atoms with Gasteiger partial charge in [-0.2, -0.15) is 0 Å². The second kappa shape index (κ2) is 5.33. The monoisotopic (exact) mass is 300 g/mol. The van der Waals surface area contributed by atoms with Crippen LogP contribution in [0.1, 0.15) is 11.1 Å². The molecule has 0 aliphatic carbocycles. The van der Waals surface area contributed by atoms with E-state index in [0.717, 1.165) is 32.7 Å². The van der Waals surface area contributed by atoms with Crippen molar-refractivity contribution in [3.05, 3.63) is 83.9 Å².